The van der Waals surface area contributed by atoms with E-state index in [2.05, 4.69) is 16.8 Å². The third-order valence-electron chi connectivity index (χ3n) is 1.77. The zero-order valence-electron chi connectivity index (χ0n) is 8.23. The van der Waals surface area contributed by atoms with Crippen molar-refractivity contribution in [3.8, 4) is 11.8 Å². The minimum absolute atomic E-state index is 0.878. The Morgan fingerprint density at radius 3 is 2.67 bits per heavy atom. The molecule has 1 aromatic carbocycles. The first kappa shape index (κ1) is 10.3. The molecule has 0 saturated heterocycles. The largest absolute Gasteiger partial charge is 0.235 e. The van der Waals surface area contributed by atoms with Gasteiger partial charge >= 0.3 is 0 Å². The van der Waals surface area contributed by atoms with Gasteiger partial charge in [-0.05, 0) is 24.3 Å². The monoisotopic (exact) mass is 231 g/mol. The van der Waals surface area contributed by atoms with Gasteiger partial charge in [-0.15, -0.1) is 11.8 Å². The molecule has 0 aliphatic heterocycles. The molecule has 0 aliphatic carbocycles. The van der Waals surface area contributed by atoms with E-state index in [1.165, 1.54) is 4.21 Å². The molecule has 0 unspecified atom stereocenters. The third-order valence-corrected chi connectivity index (χ3v) is 3.74. The Morgan fingerprint density at radius 1 is 1.20 bits per heavy atom. The van der Waals surface area contributed by atoms with Crippen LogP contribution in [0.4, 0.5) is 0 Å². The van der Waals surface area contributed by atoms with Crippen LogP contribution in [0.1, 0.15) is 10.6 Å². The average molecular weight is 231 g/mol. The summed E-state index contributed by atoms with van der Waals surface area (Å²) in [5, 5.41) is 0.878. The molecule has 0 amide bonds. The van der Waals surface area contributed by atoms with E-state index in [4.69, 9.17) is 0 Å². The minimum atomic E-state index is 0.878. The van der Waals surface area contributed by atoms with Crippen molar-refractivity contribution in [3.63, 3.8) is 0 Å². The van der Waals surface area contributed by atoms with E-state index in [0.29, 0.717) is 0 Å². The molecule has 74 valence electrons. The summed E-state index contributed by atoms with van der Waals surface area (Å²) < 4.78 is 1.20. The SMILES string of the molecule is CSc1cnc(C#Cc2ccccc2)s1. The fourth-order valence-corrected chi connectivity index (χ4v) is 2.29. The number of hydrogen-bond donors (Lipinski definition) is 0. The van der Waals surface area contributed by atoms with Crippen molar-refractivity contribution in [1.29, 1.82) is 0 Å². The van der Waals surface area contributed by atoms with Gasteiger partial charge in [0.05, 0.1) is 10.4 Å². The first-order chi connectivity index (χ1) is 7.38. The van der Waals surface area contributed by atoms with Gasteiger partial charge in [0.1, 0.15) is 0 Å². The molecule has 0 N–H and O–H groups in total. The number of thioether (sulfide) groups is 1. The summed E-state index contributed by atoms with van der Waals surface area (Å²) in [7, 11) is 0. The van der Waals surface area contributed by atoms with Gasteiger partial charge in [-0.1, -0.05) is 35.5 Å². The lowest BCUT2D eigenvalue weighted by molar-refractivity contribution is 1.35. The highest BCUT2D eigenvalue weighted by Gasteiger charge is 1.96. The van der Waals surface area contributed by atoms with Crippen LogP contribution >= 0.6 is 23.1 Å². The third kappa shape index (κ3) is 2.85. The molecule has 0 bridgehead atoms. The van der Waals surface area contributed by atoms with Gasteiger partial charge in [-0.25, -0.2) is 4.98 Å². The molecule has 0 fully saturated rings. The van der Waals surface area contributed by atoms with Gasteiger partial charge in [-0.3, -0.25) is 0 Å². The van der Waals surface area contributed by atoms with Crippen LogP contribution < -0.4 is 0 Å². The second-order valence-corrected chi connectivity index (χ2v) is 4.94. The minimum Gasteiger partial charge on any atom is -0.235 e. The summed E-state index contributed by atoms with van der Waals surface area (Å²) in [5.41, 5.74) is 1.03. The Labute approximate surface area is 97.6 Å². The molecule has 2 aromatic rings. The Hall–Kier alpha value is -1.24. The standard InChI is InChI=1S/C12H9NS2/c1-14-12-9-13-11(15-12)8-7-10-5-3-2-4-6-10/h2-6,9H,1H3. The predicted molar refractivity (Wildman–Crippen MR) is 66.3 cm³/mol. The maximum absolute atomic E-state index is 4.23. The molecule has 2 rings (SSSR count). The zero-order chi connectivity index (χ0) is 10.5. The van der Waals surface area contributed by atoms with Gasteiger partial charge in [0, 0.05) is 5.56 Å². The summed E-state index contributed by atoms with van der Waals surface area (Å²) >= 11 is 3.33. The molecule has 0 spiro atoms. The quantitative estimate of drug-likeness (QED) is 0.552. The molecular formula is C12H9NS2. The van der Waals surface area contributed by atoms with Crippen LogP contribution in [0.5, 0.6) is 0 Å². The summed E-state index contributed by atoms with van der Waals surface area (Å²) in [6.07, 6.45) is 3.91. The van der Waals surface area contributed by atoms with Gasteiger partial charge in [0.25, 0.3) is 0 Å². The van der Waals surface area contributed by atoms with Crippen LogP contribution in [-0.4, -0.2) is 11.2 Å². The Balaban J connectivity index is 2.18. The maximum atomic E-state index is 4.23. The second-order valence-electron chi connectivity index (χ2n) is 2.80. The van der Waals surface area contributed by atoms with Crippen LogP contribution in [0.2, 0.25) is 0 Å². The summed E-state index contributed by atoms with van der Waals surface area (Å²) in [5.74, 6) is 6.15. The smallest absolute Gasteiger partial charge is 0.168 e. The molecule has 3 heteroatoms. The van der Waals surface area contributed by atoms with Crippen LogP contribution in [0, 0.1) is 11.8 Å². The van der Waals surface area contributed by atoms with Crippen molar-refractivity contribution in [1.82, 2.24) is 4.98 Å². The van der Waals surface area contributed by atoms with Gasteiger partial charge in [-0.2, -0.15) is 0 Å². The summed E-state index contributed by atoms with van der Waals surface area (Å²) in [6, 6.07) is 9.95. The van der Waals surface area contributed by atoms with E-state index in [1.807, 2.05) is 42.8 Å². The van der Waals surface area contributed by atoms with E-state index < -0.39 is 0 Å². The number of benzene rings is 1. The highest BCUT2D eigenvalue weighted by Crippen LogP contribution is 2.21. The highest BCUT2D eigenvalue weighted by atomic mass is 32.2. The number of hydrogen-bond acceptors (Lipinski definition) is 3. The lowest BCUT2D eigenvalue weighted by Crippen LogP contribution is -1.72. The summed E-state index contributed by atoms with van der Waals surface area (Å²) in [6.45, 7) is 0. The van der Waals surface area contributed by atoms with Gasteiger partial charge in [0.2, 0.25) is 0 Å². The Morgan fingerprint density at radius 2 is 2.00 bits per heavy atom. The molecule has 1 heterocycles. The van der Waals surface area contributed by atoms with E-state index in [9.17, 15) is 0 Å². The van der Waals surface area contributed by atoms with Crippen molar-refractivity contribution in [2.45, 2.75) is 4.21 Å². The van der Waals surface area contributed by atoms with E-state index >= 15 is 0 Å². The van der Waals surface area contributed by atoms with E-state index in [-0.39, 0.29) is 0 Å². The Kier molecular flexibility index (Phi) is 3.44. The molecule has 1 nitrogen and oxygen atoms in total. The van der Waals surface area contributed by atoms with E-state index in [1.54, 1.807) is 23.1 Å². The lowest BCUT2D eigenvalue weighted by Gasteiger charge is -1.85. The van der Waals surface area contributed by atoms with Crippen molar-refractivity contribution in [2.75, 3.05) is 6.26 Å². The normalized spacial score (nSPS) is 9.40. The van der Waals surface area contributed by atoms with Crippen molar-refractivity contribution in [3.05, 3.63) is 47.1 Å². The van der Waals surface area contributed by atoms with Crippen molar-refractivity contribution >= 4 is 23.1 Å². The lowest BCUT2D eigenvalue weighted by atomic mass is 10.2. The molecule has 1 aromatic heterocycles. The maximum Gasteiger partial charge on any atom is 0.168 e. The van der Waals surface area contributed by atoms with Gasteiger partial charge in [0.15, 0.2) is 5.01 Å². The van der Waals surface area contributed by atoms with Crippen LogP contribution in [0.3, 0.4) is 0 Å². The molecule has 0 aliphatic rings. The molecule has 15 heavy (non-hydrogen) atoms. The number of thiazole rings is 1. The van der Waals surface area contributed by atoms with Crippen LogP contribution in [0.15, 0.2) is 40.7 Å². The van der Waals surface area contributed by atoms with Crippen LogP contribution in [-0.2, 0) is 0 Å². The molecule has 0 radical (unpaired) electrons. The van der Waals surface area contributed by atoms with E-state index in [0.717, 1.165) is 10.6 Å². The number of rotatable bonds is 1. The number of aromatic nitrogens is 1. The summed E-state index contributed by atoms with van der Waals surface area (Å²) in [4.78, 5) is 4.23. The molecule has 0 atom stereocenters. The second kappa shape index (κ2) is 5.01. The topological polar surface area (TPSA) is 12.9 Å². The number of nitrogens with zero attached hydrogens (tertiary/aromatic N) is 1. The fraction of sp³-hybridized carbons (Fsp3) is 0.0833. The highest BCUT2D eigenvalue weighted by molar-refractivity contribution is 8.00. The first-order valence-electron chi connectivity index (χ1n) is 4.45. The Bertz CT molecular complexity index is 491. The first-order valence-corrected chi connectivity index (χ1v) is 6.49. The van der Waals surface area contributed by atoms with Crippen LogP contribution in [0.25, 0.3) is 0 Å². The van der Waals surface area contributed by atoms with Gasteiger partial charge < -0.3 is 0 Å². The zero-order valence-corrected chi connectivity index (χ0v) is 9.86. The predicted octanol–water partition coefficient (Wildman–Crippen LogP) is 3.26. The molecule has 0 saturated carbocycles. The fourth-order valence-electron chi connectivity index (χ4n) is 1.06. The molecular weight excluding hydrogens is 222 g/mol. The van der Waals surface area contributed by atoms with Crippen molar-refractivity contribution in [2.24, 2.45) is 0 Å². The average Bonchev–Trinajstić information content (AvgIpc) is 2.76. The van der Waals surface area contributed by atoms with Crippen molar-refractivity contribution < 1.29 is 0 Å².